The normalized spacial score (nSPS) is 10.5. The average Bonchev–Trinajstić information content (AvgIpc) is 2.47. The predicted molar refractivity (Wildman–Crippen MR) is 80.9 cm³/mol. The van der Waals surface area contributed by atoms with Gasteiger partial charge in [0.25, 0.3) is 0 Å². The number of aromatic nitrogens is 2. The van der Waals surface area contributed by atoms with E-state index in [1.165, 1.54) is 12.1 Å². The molecule has 104 valence electrons. The van der Waals surface area contributed by atoms with Gasteiger partial charge >= 0.3 is 5.69 Å². The van der Waals surface area contributed by atoms with Crippen molar-refractivity contribution in [1.82, 2.24) is 9.97 Å². The SMILES string of the molecule is O=[N+]([O-])c1ccc(Cl)nc1Nc1ccc2ncccc2c1. The van der Waals surface area contributed by atoms with Crippen molar-refractivity contribution >= 4 is 39.7 Å². The largest absolute Gasteiger partial charge is 0.334 e. The van der Waals surface area contributed by atoms with Crippen LogP contribution >= 0.6 is 11.6 Å². The summed E-state index contributed by atoms with van der Waals surface area (Å²) in [4.78, 5) is 18.7. The Morgan fingerprint density at radius 3 is 2.86 bits per heavy atom. The highest BCUT2D eigenvalue weighted by atomic mass is 35.5. The molecule has 0 radical (unpaired) electrons. The fourth-order valence-corrected chi connectivity index (χ4v) is 2.10. The minimum atomic E-state index is -0.506. The zero-order chi connectivity index (χ0) is 14.8. The molecule has 6 nitrogen and oxygen atoms in total. The van der Waals surface area contributed by atoms with Crippen molar-refractivity contribution in [2.45, 2.75) is 0 Å². The molecule has 3 aromatic rings. The van der Waals surface area contributed by atoms with Gasteiger partial charge in [0.15, 0.2) is 0 Å². The maximum atomic E-state index is 11.0. The van der Waals surface area contributed by atoms with E-state index in [1.807, 2.05) is 24.3 Å². The lowest BCUT2D eigenvalue weighted by Crippen LogP contribution is -1.99. The highest BCUT2D eigenvalue weighted by Gasteiger charge is 2.16. The molecule has 0 saturated carbocycles. The Balaban J connectivity index is 2.02. The molecule has 0 amide bonds. The number of anilines is 2. The molecule has 3 rings (SSSR count). The minimum absolute atomic E-state index is 0.107. The van der Waals surface area contributed by atoms with Gasteiger partial charge in [-0.3, -0.25) is 15.1 Å². The van der Waals surface area contributed by atoms with Crippen LogP contribution in [0.3, 0.4) is 0 Å². The number of hydrogen-bond acceptors (Lipinski definition) is 5. The summed E-state index contributed by atoms with van der Waals surface area (Å²) in [7, 11) is 0. The monoisotopic (exact) mass is 300 g/mol. The van der Waals surface area contributed by atoms with E-state index in [4.69, 9.17) is 11.6 Å². The molecule has 0 aliphatic carbocycles. The third-order valence-electron chi connectivity index (χ3n) is 2.90. The fourth-order valence-electron chi connectivity index (χ4n) is 1.96. The highest BCUT2D eigenvalue weighted by molar-refractivity contribution is 6.29. The molecule has 0 bridgehead atoms. The summed E-state index contributed by atoms with van der Waals surface area (Å²) in [5.74, 6) is 0.107. The smallest absolute Gasteiger partial charge is 0.311 e. The van der Waals surface area contributed by atoms with E-state index in [0.29, 0.717) is 5.69 Å². The Kier molecular flexibility index (Phi) is 3.37. The van der Waals surface area contributed by atoms with Gasteiger partial charge < -0.3 is 5.32 Å². The van der Waals surface area contributed by atoms with Crippen molar-refractivity contribution < 1.29 is 4.92 Å². The summed E-state index contributed by atoms with van der Waals surface area (Å²) in [6, 6.07) is 11.9. The van der Waals surface area contributed by atoms with Crippen molar-refractivity contribution in [3.63, 3.8) is 0 Å². The first-order chi connectivity index (χ1) is 10.1. The van der Waals surface area contributed by atoms with Gasteiger partial charge in [-0.1, -0.05) is 17.7 Å². The molecule has 0 aliphatic rings. The zero-order valence-electron chi connectivity index (χ0n) is 10.7. The molecule has 0 unspecified atom stereocenters. The number of nitrogens with one attached hydrogen (secondary N) is 1. The Bertz CT molecular complexity index is 838. The number of nitrogens with zero attached hydrogens (tertiary/aromatic N) is 3. The molecule has 2 heterocycles. The number of hydrogen-bond donors (Lipinski definition) is 1. The highest BCUT2D eigenvalue weighted by Crippen LogP contribution is 2.28. The summed E-state index contributed by atoms with van der Waals surface area (Å²) < 4.78 is 0. The van der Waals surface area contributed by atoms with E-state index in [1.54, 1.807) is 12.3 Å². The van der Waals surface area contributed by atoms with Gasteiger partial charge in [-0.2, -0.15) is 0 Å². The van der Waals surface area contributed by atoms with Crippen LogP contribution in [0, 0.1) is 10.1 Å². The maximum Gasteiger partial charge on any atom is 0.311 e. The number of benzene rings is 1. The van der Waals surface area contributed by atoms with Crippen LogP contribution < -0.4 is 5.32 Å². The summed E-state index contributed by atoms with van der Waals surface area (Å²) in [5, 5.41) is 15.0. The first-order valence-corrected chi connectivity index (χ1v) is 6.44. The first kappa shape index (κ1) is 13.3. The Labute approximate surface area is 124 Å². The maximum absolute atomic E-state index is 11.0. The van der Waals surface area contributed by atoms with E-state index in [0.717, 1.165) is 10.9 Å². The molecule has 2 aromatic heterocycles. The molecular formula is C14H9ClN4O2. The number of rotatable bonds is 3. The first-order valence-electron chi connectivity index (χ1n) is 6.06. The van der Waals surface area contributed by atoms with Crippen LogP contribution in [0.1, 0.15) is 0 Å². The average molecular weight is 301 g/mol. The third-order valence-corrected chi connectivity index (χ3v) is 3.11. The topological polar surface area (TPSA) is 81.0 Å². The van der Waals surface area contributed by atoms with Gasteiger partial charge in [0.05, 0.1) is 10.4 Å². The van der Waals surface area contributed by atoms with Crippen LogP contribution in [0.2, 0.25) is 5.15 Å². The lowest BCUT2D eigenvalue weighted by molar-refractivity contribution is -0.384. The van der Waals surface area contributed by atoms with Crippen LogP contribution in [-0.4, -0.2) is 14.9 Å². The Morgan fingerprint density at radius 2 is 2.05 bits per heavy atom. The second-order valence-corrected chi connectivity index (χ2v) is 4.68. The zero-order valence-corrected chi connectivity index (χ0v) is 11.4. The molecule has 7 heteroatoms. The van der Waals surface area contributed by atoms with Gasteiger partial charge in [0.1, 0.15) is 5.15 Å². The van der Waals surface area contributed by atoms with Crippen molar-refractivity contribution in [1.29, 1.82) is 0 Å². The molecule has 0 fully saturated rings. The fraction of sp³-hybridized carbons (Fsp3) is 0. The van der Waals surface area contributed by atoms with E-state index in [-0.39, 0.29) is 16.7 Å². The summed E-state index contributed by atoms with van der Waals surface area (Å²) in [6.07, 6.45) is 1.71. The van der Waals surface area contributed by atoms with Crippen LogP contribution in [-0.2, 0) is 0 Å². The minimum Gasteiger partial charge on any atom is -0.334 e. The predicted octanol–water partition coefficient (Wildman–Crippen LogP) is 3.94. The van der Waals surface area contributed by atoms with E-state index >= 15 is 0 Å². The molecule has 0 aliphatic heterocycles. The number of nitro groups is 1. The molecule has 1 N–H and O–H groups in total. The standard InChI is InChI=1S/C14H9ClN4O2/c15-13-6-5-12(19(20)21)14(18-13)17-10-3-4-11-9(8-10)2-1-7-16-11/h1-8H,(H,17,18). The summed E-state index contributed by atoms with van der Waals surface area (Å²) in [5.41, 5.74) is 1.38. The van der Waals surface area contributed by atoms with Crippen molar-refractivity contribution in [3.8, 4) is 0 Å². The second-order valence-electron chi connectivity index (χ2n) is 4.29. The van der Waals surface area contributed by atoms with E-state index in [2.05, 4.69) is 15.3 Å². The number of fused-ring (bicyclic) bond motifs is 1. The Morgan fingerprint density at radius 1 is 1.19 bits per heavy atom. The molecule has 0 saturated heterocycles. The van der Waals surface area contributed by atoms with E-state index < -0.39 is 4.92 Å². The van der Waals surface area contributed by atoms with Crippen LogP contribution in [0.15, 0.2) is 48.7 Å². The molecule has 21 heavy (non-hydrogen) atoms. The van der Waals surface area contributed by atoms with Gasteiger partial charge in [-0.15, -0.1) is 0 Å². The molecule has 1 aromatic carbocycles. The molecule has 0 atom stereocenters. The molecular weight excluding hydrogens is 292 g/mol. The van der Waals surface area contributed by atoms with Crippen LogP contribution in [0.5, 0.6) is 0 Å². The lowest BCUT2D eigenvalue weighted by Gasteiger charge is -2.07. The Hall–Kier alpha value is -2.73. The lowest BCUT2D eigenvalue weighted by atomic mass is 10.2. The van der Waals surface area contributed by atoms with Gasteiger partial charge in [0, 0.05) is 23.3 Å². The summed E-state index contributed by atoms with van der Waals surface area (Å²) >= 11 is 5.80. The van der Waals surface area contributed by atoms with Gasteiger partial charge in [0.2, 0.25) is 5.82 Å². The molecule has 0 spiro atoms. The van der Waals surface area contributed by atoms with Crippen LogP contribution in [0.25, 0.3) is 10.9 Å². The van der Waals surface area contributed by atoms with Crippen LogP contribution in [0.4, 0.5) is 17.2 Å². The van der Waals surface area contributed by atoms with Gasteiger partial charge in [-0.05, 0) is 30.3 Å². The van der Waals surface area contributed by atoms with Gasteiger partial charge in [-0.25, -0.2) is 4.98 Å². The van der Waals surface area contributed by atoms with E-state index in [9.17, 15) is 10.1 Å². The summed E-state index contributed by atoms with van der Waals surface area (Å²) in [6.45, 7) is 0. The second kappa shape index (κ2) is 5.34. The quantitative estimate of drug-likeness (QED) is 0.450. The third kappa shape index (κ3) is 2.75. The van der Waals surface area contributed by atoms with Crippen molar-refractivity contribution in [2.24, 2.45) is 0 Å². The van der Waals surface area contributed by atoms with Crippen molar-refractivity contribution in [2.75, 3.05) is 5.32 Å². The van der Waals surface area contributed by atoms with Crippen molar-refractivity contribution in [3.05, 3.63) is 63.9 Å². The number of halogens is 1. The number of pyridine rings is 2.